The van der Waals surface area contributed by atoms with Crippen molar-refractivity contribution in [3.8, 4) is 0 Å². The Balaban J connectivity index is 2.08. The van der Waals surface area contributed by atoms with Crippen molar-refractivity contribution in [2.45, 2.75) is 46.1 Å². The molecular weight excluding hydrogens is 358 g/mol. The van der Waals surface area contributed by atoms with Gasteiger partial charge in [-0.25, -0.2) is 9.59 Å². The van der Waals surface area contributed by atoms with Crippen molar-refractivity contribution < 1.29 is 23.9 Å². The molecule has 2 heterocycles. The molecule has 1 aromatic rings. The summed E-state index contributed by atoms with van der Waals surface area (Å²) in [6.45, 7) is 5.38. The number of nitrogens with zero attached hydrogens (tertiary/aromatic N) is 1. The van der Waals surface area contributed by atoms with E-state index in [1.54, 1.807) is 13.0 Å². The number of hydrogen-bond acceptors (Lipinski definition) is 6. The molecule has 0 spiro atoms. The summed E-state index contributed by atoms with van der Waals surface area (Å²) in [6.07, 6.45) is 1.98. The summed E-state index contributed by atoms with van der Waals surface area (Å²) in [4.78, 5) is 50.3. The molecule has 0 saturated carbocycles. The number of imide groups is 1. The largest absolute Gasteiger partial charge is 0.462 e. The number of hydrogen-bond donors (Lipinski definition) is 2. The molecule has 1 aliphatic heterocycles. The fourth-order valence-corrected chi connectivity index (χ4v) is 3.59. The van der Waals surface area contributed by atoms with E-state index in [4.69, 9.17) is 4.74 Å². The molecular formula is C17H23N3O5S. The molecule has 0 bridgehead atoms. The maximum Gasteiger partial charge on any atom is 0.341 e. The van der Waals surface area contributed by atoms with E-state index in [-0.39, 0.29) is 12.2 Å². The molecule has 0 radical (unpaired) electrons. The number of anilines is 1. The highest BCUT2D eigenvalue weighted by Gasteiger charge is 2.38. The van der Waals surface area contributed by atoms with E-state index in [9.17, 15) is 19.2 Å². The van der Waals surface area contributed by atoms with Crippen molar-refractivity contribution in [2.24, 2.45) is 0 Å². The second-order valence-corrected chi connectivity index (χ2v) is 6.93. The molecule has 0 aliphatic carbocycles. The lowest BCUT2D eigenvalue weighted by atomic mass is 10.2. The molecule has 9 heteroatoms. The normalized spacial score (nSPS) is 16.6. The van der Waals surface area contributed by atoms with Gasteiger partial charge in [0.25, 0.3) is 5.91 Å². The van der Waals surface area contributed by atoms with Gasteiger partial charge in [-0.1, -0.05) is 20.3 Å². The Kier molecular flexibility index (Phi) is 6.73. The van der Waals surface area contributed by atoms with Gasteiger partial charge in [-0.2, -0.15) is 0 Å². The predicted octanol–water partition coefficient (Wildman–Crippen LogP) is 2.15. The Morgan fingerprint density at radius 1 is 1.31 bits per heavy atom. The van der Waals surface area contributed by atoms with Gasteiger partial charge in [0.15, 0.2) is 0 Å². The minimum atomic E-state index is -0.580. The Hall–Kier alpha value is -2.42. The van der Waals surface area contributed by atoms with Crippen LogP contribution in [0.15, 0.2) is 6.07 Å². The molecule has 1 atom stereocenters. The number of ether oxygens (including phenoxy) is 1. The van der Waals surface area contributed by atoms with Gasteiger partial charge in [-0.3, -0.25) is 14.5 Å². The maximum atomic E-state index is 12.3. The van der Waals surface area contributed by atoms with Crippen LogP contribution in [0.1, 0.15) is 48.8 Å². The lowest BCUT2D eigenvalue weighted by Gasteiger charge is -2.13. The first-order valence-electron chi connectivity index (χ1n) is 8.62. The molecule has 0 aromatic carbocycles. The highest BCUT2D eigenvalue weighted by Crippen LogP contribution is 2.29. The minimum Gasteiger partial charge on any atom is -0.462 e. The number of rotatable bonds is 8. The van der Waals surface area contributed by atoms with Crippen molar-refractivity contribution in [1.29, 1.82) is 0 Å². The average molecular weight is 381 g/mol. The summed E-state index contributed by atoms with van der Waals surface area (Å²) in [7, 11) is 0. The first kappa shape index (κ1) is 19.9. The van der Waals surface area contributed by atoms with E-state index in [1.807, 2.05) is 13.8 Å². The first-order chi connectivity index (χ1) is 12.4. The van der Waals surface area contributed by atoms with Crippen LogP contribution in [0.3, 0.4) is 0 Å². The summed E-state index contributed by atoms with van der Waals surface area (Å²) >= 11 is 1.27. The second-order valence-electron chi connectivity index (χ2n) is 5.79. The first-order valence-corrected chi connectivity index (χ1v) is 9.44. The smallest absolute Gasteiger partial charge is 0.341 e. The maximum absolute atomic E-state index is 12.3. The van der Waals surface area contributed by atoms with Crippen molar-refractivity contribution in [3.05, 3.63) is 16.5 Å². The van der Waals surface area contributed by atoms with Crippen molar-refractivity contribution in [2.75, 3.05) is 18.5 Å². The quantitative estimate of drug-likeness (QED) is 0.530. The highest BCUT2D eigenvalue weighted by atomic mass is 32.1. The zero-order valence-electron chi connectivity index (χ0n) is 15.1. The third-order valence-corrected chi connectivity index (χ3v) is 5.06. The number of esters is 1. The number of aryl methyl sites for hydroxylation is 1. The number of thiophene rings is 1. The molecule has 1 aromatic heterocycles. The summed E-state index contributed by atoms with van der Waals surface area (Å²) in [5.74, 6) is -1.46. The van der Waals surface area contributed by atoms with Crippen LogP contribution in [0.4, 0.5) is 9.80 Å². The molecule has 142 valence electrons. The highest BCUT2D eigenvalue weighted by molar-refractivity contribution is 7.16. The Bertz CT molecular complexity index is 715. The second kappa shape index (κ2) is 8.79. The fraction of sp³-hybridized carbons (Fsp3) is 0.529. The van der Waals surface area contributed by atoms with Crippen molar-refractivity contribution in [3.63, 3.8) is 0 Å². The molecule has 8 nitrogen and oxygen atoms in total. The third kappa shape index (κ3) is 4.40. The number of carbonyl (C=O) groups is 4. The molecule has 1 fully saturated rings. The van der Waals surface area contributed by atoms with Gasteiger partial charge in [-0.05, 0) is 25.8 Å². The lowest BCUT2D eigenvalue weighted by molar-refractivity contribution is -0.130. The van der Waals surface area contributed by atoms with Crippen LogP contribution in [0.5, 0.6) is 0 Å². The van der Waals surface area contributed by atoms with Gasteiger partial charge in [0, 0.05) is 4.88 Å². The fourth-order valence-electron chi connectivity index (χ4n) is 2.59. The predicted molar refractivity (Wildman–Crippen MR) is 97.2 cm³/mol. The summed E-state index contributed by atoms with van der Waals surface area (Å²) in [5, 5.41) is 5.56. The van der Waals surface area contributed by atoms with E-state index in [2.05, 4.69) is 10.6 Å². The summed E-state index contributed by atoms with van der Waals surface area (Å²) < 4.78 is 5.00. The zero-order chi connectivity index (χ0) is 19.3. The van der Waals surface area contributed by atoms with Crippen LogP contribution >= 0.6 is 11.3 Å². The molecule has 1 saturated heterocycles. The Morgan fingerprint density at radius 2 is 2.04 bits per heavy atom. The number of nitrogens with one attached hydrogen (secondary N) is 2. The Morgan fingerprint density at radius 3 is 2.65 bits per heavy atom. The molecule has 26 heavy (non-hydrogen) atoms. The molecule has 2 N–H and O–H groups in total. The van der Waals surface area contributed by atoms with Crippen molar-refractivity contribution >= 4 is 40.2 Å². The summed E-state index contributed by atoms with van der Waals surface area (Å²) in [5.41, 5.74) is 0.281. The van der Waals surface area contributed by atoms with E-state index < -0.39 is 36.4 Å². The third-order valence-electron chi connectivity index (χ3n) is 3.87. The molecule has 1 unspecified atom stereocenters. The Labute approximate surface area is 155 Å². The molecule has 1 aliphatic rings. The molecule has 4 amide bonds. The van der Waals surface area contributed by atoms with Crippen LogP contribution in [0, 0.1) is 0 Å². The van der Waals surface area contributed by atoms with Crippen LogP contribution in [-0.2, 0) is 20.7 Å². The SMILES string of the molecule is CCCC1NC(=O)N(CC(=O)Nc2sc(CC)cc2C(=O)OCC)C1=O. The van der Waals surface area contributed by atoms with Crippen LogP contribution in [-0.4, -0.2) is 47.9 Å². The van der Waals surface area contributed by atoms with E-state index in [0.717, 1.165) is 16.2 Å². The minimum absolute atomic E-state index is 0.227. The number of carbonyl (C=O) groups excluding carboxylic acids is 4. The zero-order valence-corrected chi connectivity index (χ0v) is 15.9. The van der Waals surface area contributed by atoms with Gasteiger partial charge in [-0.15, -0.1) is 11.3 Å². The molecule has 2 rings (SSSR count). The van der Waals surface area contributed by atoms with Gasteiger partial charge < -0.3 is 15.4 Å². The van der Waals surface area contributed by atoms with E-state index in [0.29, 0.717) is 17.8 Å². The van der Waals surface area contributed by atoms with Crippen LogP contribution < -0.4 is 10.6 Å². The van der Waals surface area contributed by atoms with Crippen molar-refractivity contribution in [1.82, 2.24) is 10.2 Å². The number of urea groups is 1. The van der Waals surface area contributed by atoms with Gasteiger partial charge in [0.1, 0.15) is 17.6 Å². The van der Waals surface area contributed by atoms with Gasteiger partial charge >= 0.3 is 12.0 Å². The lowest BCUT2D eigenvalue weighted by Crippen LogP contribution is -2.38. The topological polar surface area (TPSA) is 105 Å². The standard InChI is InChI=1S/C17H23N3O5S/c1-4-7-12-15(22)20(17(24)18-12)9-13(21)19-14-11(16(23)25-6-3)8-10(5-2)26-14/h8,12H,4-7,9H2,1-3H3,(H,18,24)(H,19,21). The van der Waals surface area contributed by atoms with Crippen LogP contribution in [0.2, 0.25) is 0 Å². The summed E-state index contributed by atoms with van der Waals surface area (Å²) in [6, 6.07) is 0.530. The number of amides is 4. The van der Waals surface area contributed by atoms with Gasteiger partial charge in [0.05, 0.1) is 12.2 Å². The van der Waals surface area contributed by atoms with Gasteiger partial charge in [0.2, 0.25) is 5.91 Å². The van der Waals surface area contributed by atoms with E-state index >= 15 is 0 Å². The average Bonchev–Trinajstić information content (AvgIpc) is 3.12. The van der Waals surface area contributed by atoms with E-state index in [1.165, 1.54) is 11.3 Å². The monoisotopic (exact) mass is 381 g/mol. The van der Waals surface area contributed by atoms with Crippen LogP contribution in [0.25, 0.3) is 0 Å².